The van der Waals surface area contributed by atoms with Gasteiger partial charge in [-0.15, -0.1) is 0 Å². The number of carbonyl (C=O) groups excluding carboxylic acids is 2. The molecule has 3 heterocycles. The summed E-state index contributed by atoms with van der Waals surface area (Å²) in [5.74, 6) is -0.159. The van der Waals surface area contributed by atoms with Crippen LogP contribution >= 0.6 is 0 Å². The summed E-state index contributed by atoms with van der Waals surface area (Å²) in [7, 11) is 0. The van der Waals surface area contributed by atoms with Crippen LogP contribution in [-0.2, 0) is 0 Å². The Bertz CT molecular complexity index is 1370. The number of likely N-dealkylation sites (tertiary alicyclic amines) is 1. The van der Waals surface area contributed by atoms with E-state index in [1.165, 1.54) is 11.1 Å². The molecule has 172 valence electrons. The number of amides is 2. The number of rotatable bonds is 4. The Morgan fingerprint density at radius 2 is 1.91 bits per heavy atom. The number of aromatic amines is 1. The van der Waals surface area contributed by atoms with Crippen molar-refractivity contribution in [2.24, 2.45) is 0 Å². The lowest BCUT2D eigenvalue weighted by molar-refractivity contribution is 0.0676. The second-order valence-electron chi connectivity index (χ2n) is 9.05. The van der Waals surface area contributed by atoms with E-state index in [1.54, 1.807) is 12.4 Å². The minimum absolute atomic E-state index is 0.00295. The lowest BCUT2D eigenvalue weighted by Gasteiger charge is -2.33. The molecule has 1 atom stereocenters. The third-order valence-electron chi connectivity index (χ3n) is 6.68. The van der Waals surface area contributed by atoms with E-state index in [2.05, 4.69) is 47.3 Å². The molecule has 0 spiro atoms. The summed E-state index contributed by atoms with van der Waals surface area (Å²) in [4.78, 5) is 35.6. The van der Waals surface area contributed by atoms with Gasteiger partial charge in [-0.2, -0.15) is 0 Å². The highest BCUT2D eigenvalue weighted by atomic mass is 16.2. The number of hydrogen-bond acceptors (Lipinski definition) is 3. The molecule has 6 nitrogen and oxygen atoms in total. The lowest BCUT2D eigenvalue weighted by atomic mass is 9.95. The number of carbonyl (C=O) groups is 2. The van der Waals surface area contributed by atoms with Crippen LogP contribution in [0, 0.1) is 13.8 Å². The molecule has 5 rings (SSSR count). The predicted molar refractivity (Wildman–Crippen MR) is 134 cm³/mol. The van der Waals surface area contributed by atoms with E-state index in [1.807, 2.05) is 41.3 Å². The Morgan fingerprint density at radius 1 is 1.06 bits per heavy atom. The maximum absolute atomic E-state index is 13.6. The topological polar surface area (TPSA) is 78.1 Å². The van der Waals surface area contributed by atoms with E-state index in [-0.39, 0.29) is 17.9 Å². The number of hydrogen-bond donors (Lipinski definition) is 2. The van der Waals surface area contributed by atoms with Gasteiger partial charge in [-0.05, 0) is 67.1 Å². The Balaban J connectivity index is 1.32. The highest BCUT2D eigenvalue weighted by molar-refractivity contribution is 6.01. The largest absolute Gasteiger partial charge is 0.347 e. The summed E-state index contributed by atoms with van der Waals surface area (Å²) in [6, 6.07) is 17.7. The average molecular weight is 453 g/mol. The SMILES string of the molecule is Cc1ccc(-c2ccccc2C(=O)N2CCC[C@@H](NC(=O)c3cnc4[nH]ccc4c3)C2)cc1C. The minimum atomic E-state index is -0.162. The molecule has 2 aromatic heterocycles. The normalized spacial score (nSPS) is 15.9. The van der Waals surface area contributed by atoms with Gasteiger partial charge in [-0.3, -0.25) is 9.59 Å². The van der Waals surface area contributed by atoms with Crippen molar-refractivity contribution in [3.8, 4) is 11.1 Å². The second-order valence-corrected chi connectivity index (χ2v) is 9.05. The highest BCUT2D eigenvalue weighted by Gasteiger charge is 2.27. The van der Waals surface area contributed by atoms with E-state index < -0.39 is 0 Å². The van der Waals surface area contributed by atoms with Crippen molar-refractivity contribution in [1.29, 1.82) is 0 Å². The molecule has 1 fully saturated rings. The van der Waals surface area contributed by atoms with E-state index in [4.69, 9.17) is 0 Å². The van der Waals surface area contributed by atoms with Crippen LogP contribution in [0.25, 0.3) is 22.2 Å². The Morgan fingerprint density at radius 3 is 2.76 bits per heavy atom. The maximum atomic E-state index is 13.6. The number of aromatic nitrogens is 2. The fourth-order valence-electron chi connectivity index (χ4n) is 4.61. The lowest BCUT2D eigenvalue weighted by Crippen LogP contribution is -2.49. The predicted octanol–water partition coefficient (Wildman–Crippen LogP) is 4.88. The fourth-order valence-corrected chi connectivity index (χ4v) is 4.61. The quantitative estimate of drug-likeness (QED) is 0.463. The zero-order valence-corrected chi connectivity index (χ0v) is 19.5. The van der Waals surface area contributed by atoms with Crippen molar-refractivity contribution < 1.29 is 9.59 Å². The number of fused-ring (bicyclic) bond motifs is 1. The zero-order chi connectivity index (χ0) is 23.7. The average Bonchev–Trinajstić information content (AvgIpc) is 3.33. The van der Waals surface area contributed by atoms with Gasteiger partial charge in [0.15, 0.2) is 0 Å². The molecular formula is C28H28N4O2. The van der Waals surface area contributed by atoms with Gasteiger partial charge < -0.3 is 15.2 Å². The summed E-state index contributed by atoms with van der Waals surface area (Å²) in [5.41, 5.74) is 6.39. The van der Waals surface area contributed by atoms with Gasteiger partial charge in [0.25, 0.3) is 11.8 Å². The molecule has 1 aliphatic rings. The molecule has 0 aliphatic carbocycles. The van der Waals surface area contributed by atoms with Crippen molar-refractivity contribution >= 4 is 22.8 Å². The number of nitrogens with one attached hydrogen (secondary N) is 2. The molecule has 4 aromatic rings. The van der Waals surface area contributed by atoms with E-state index in [0.717, 1.165) is 35.0 Å². The number of aryl methyl sites for hydroxylation is 2. The van der Waals surface area contributed by atoms with Crippen molar-refractivity contribution in [3.05, 3.63) is 89.2 Å². The number of nitrogens with zero attached hydrogens (tertiary/aromatic N) is 2. The van der Waals surface area contributed by atoms with Gasteiger partial charge in [0.05, 0.1) is 5.56 Å². The van der Waals surface area contributed by atoms with Crippen LogP contribution in [-0.4, -0.2) is 45.8 Å². The van der Waals surface area contributed by atoms with Gasteiger partial charge in [-0.1, -0.05) is 36.4 Å². The molecular weight excluding hydrogens is 424 g/mol. The molecule has 0 unspecified atom stereocenters. The standard InChI is InChI=1S/C28H28N4O2/c1-18-9-10-20(14-19(18)2)24-7-3-4-8-25(24)28(34)32-13-5-6-23(17-32)31-27(33)22-15-21-11-12-29-26(21)30-16-22/h3-4,7-12,14-16,23H,5-6,13,17H2,1-2H3,(H,29,30)(H,31,33)/t23-/m1/s1. The van der Waals surface area contributed by atoms with Crippen LogP contribution < -0.4 is 5.32 Å². The second kappa shape index (κ2) is 9.14. The Hall–Kier alpha value is -3.93. The number of benzene rings is 2. The molecule has 0 saturated carbocycles. The molecule has 2 N–H and O–H groups in total. The van der Waals surface area contributed by atoms with Gasteiger partial charge >= 0.3 is 0 Å². The van der Waals surface area contributed by atoms with Crippen LogP contribution in [0.15, 0.2) is 67.0 Å². The first-order valence-corrected chi connectivity index (χ1v) is 11.7. The van der Waals surface area contributed by atoms with Crippen LogP contribution in [0.2, 0.25) is 0 Å². The first-order chi connectivity index (χ1) is 16.5. The van der Waals surface area contributed by atoms with Gasteiger partial charge in [-0.25, -0.2) is 4.98 Å². The third-order valence-corrected chi connectivity index (χ3v) is 6.68. The third kappa shape index (κ3) is 4.31. The monoisotopic (exact) mass is 452 g/mol. The summed E-state index contributed by atoms with van der Waals surface area (Å²) < 4.78 is 0. The summed E-state index contributed by atoms with van der Waals surface area (Å²) in [5, 5.41) is 4.00. The van der Waals surface area contributed by atoms with Crippen LogP contribution in [0.5, 0.6) is 0 Å². The number of piperidine rings is 1. The number of pyridine rings is 1. The molecule has 2 amide bonds. The van der Waals surface area contributed by atoms with E-state index >= 15 is 0 Å². The molecule has 1 saturated heterocycles. The minimum Gasteiger partial charge on any atom is -0.347 e. The molecule has 6 heteroatoms. The molecule has 34 heavy (non-hydrogen) atoms. The summed E-state index contributed by atoms with van der Waals surface area (Å²) in [6.45, 7) is 5.35. The van der Waals surface area contributed by atoms with Gasteiger partial charge in [0.2, 0.25) is 0 Å². The first-order valence-electron chi connectivity index (χ1n) is 11.7. The van der Waals surface area contributed by atoms with E-state index in [9.17, 15) is 9.59 Å². The van der Waals surface area contributed by atoms with Gasteiger partial charge in [0, 0.05) is 42.5 Å². The van der Waals surface area contributed by atoms with Crippen LogP contribution in [0.1, 0.15) is 44.7 Å². The maximum Gasteiger partial charge on any atom is 0.254 e. The Kier molecular flexibility index (Phi) is 5.88. The highest BCUT2D eigenvalue weighted by Crippen LogP contribution is 2.27. The van der Waals surface area contributed by atoms with E-state index in [0.29, 0.717) is 24.2 Å². The smallest absolute Gasteiger partial charge is 0.254 e. The molecule has 1 aliphatic heterocycles. The van der Waals surface area contributed by atoms with Crippen molar-refractivity contribution in [2.75, 3.05) is 13.1 Å². The zero-order valence-electron chi connectivity index (χ0n) is 19.5. The summed E-state index contributed by atoms with van der Waals surface area (Å²) in [6.07, 6.45) is 5.07. The van der Waals surface area contributed by atoms with Gasteiger partial charge in [0.1, 0.15) is 5.65 Å². The molecule has 0 bridgehead atoms. The Labute approximate surface area is 199 Å². The molecule has 2 aromatic carbocycles. The van der Waals surface area contributed by atoms with Crippen LogP contribution in [0.4, 0.5) is 0 Å². The first kappa shape index (κ1) is 21.9. The fraction of sp³-hybridized carbons (Fsp3) is 0.250. The van der Waals surface area contributed by atoms with Crippen molar-refractivity contribution in [3.63, 3.8) is 0 Å². The summed E-state index contributed by atoms with van der Waals surface area (Å²) >= 11 is 0. The van der Waals surface area contributed by atoms with Crippen molar-refractivity contribution in [2.45, 2.75) is 32.7 Å². The number of H-pyrrole nitrogens is 1. The molecule has 0 radical (unpaired) electrons. The van der Waals surface area contributed by atoms with Crippen molar-refractivity contribution in [1.82, 2.24) is 20.2 Å². The van der Waals surface area contributed by atoms with Crippen LogP contribution in [0.3, 0.4) is 0 Å².